The van der Waals surface area contributed by atoms with Crippen molar-refractivity contribution in [1.29, 1.82) is 0 Å². The van der Waals surface area contributed by atoms with Gasteiger partial charge in [-0.25, -0.2) is 12.8 Å². The molecule has 1 saturated heterocycles. The van der Waals surface area contributed by atoms with E-state index < -0.39 is 15.8 Å². The molecule has 0 atom stereocenters. The molecule has 2 aromatic carbocycles. The lowest BCUT2D eigenvalue weighted by atomic mass is 9.97. The van der Waals surface area contributed by atoms with Crippen molar-refractivity contribution in [1.82, 2.24) is 14.4 Å². The lowest BCUT2D eigenvalue weighted by molar-refractivity contribution is 0.307. The first-order valence-electron chi connectivity index (χ1n) is 9.10. The fourth-order valence-corrected chi connectivity index (χ4v) is 4.82. The van der Waals surface area contributed by atoms with Crippen LogP contribution in [0.3, 0.4) is 0 Å². The zero-order valence-electron chi connectivity index (χ0n) is 15.4. The van der Waals surface area contributed by atoms with E-state index in [1.54, 1.807) is 6.92 Å². The largest absolute Gasteiger partial charge is 0.334 e. The highest BCUT2D eigenvalue weighted by molar-refractivity contribution is 7.89. The van der Waals surface area contributed by atoms with Gasteiger partial charge in [0, 0.05) is 24.6 Å². The second kappa shape index (κ2) is 7.44. The van der Waals surface area contributed by atoms with Crippen LogP contribution in [0.4, 0.5) is 4.39 Å². The van der Waals surface area contributed by atoms with Crippen molar-refractivity contribution in [2.24, 2.45) is 0 Å². The topological polar surface area (TPSA) is 76.3 Å². The molecule has 0 radical (unpaired) electrons. The molecule has 3 aromatic rings. The molecule has 0 unspecified atom stereocenters. The average molecular weight is 401 g/mol. The van der Waals surface area contributed by atoms with E-state index >= 15 is 0 Å². The number of hydrogen-bond acceptors (Lipinski definition) is 5. The van der Waals surface area contributed by atoms with Gasteiger partial charge in [0.05, 0.1) is 4.90 Å². The highest BCUT2D eigenvalue weighted by Crippen LogP contribution is 2.30. The van der Waals surface area contributed by atoms with Crippen LogP contribution in [0, 0.1) is 12.7 Å². The van der Waals surface area contributed by atoms with Gasteiger partial charge in [0.1, 0.15) is 5.82 Å². The van der Waals surface area contributed by atoms with E-state index in [4.69, 9.17) is 4.52 Å². The number of piperidine rings is 1. The smallest absolute Gasteiger partial charge is 0.257 e. The predicted octanol–water partition coefficient (Wildman–Crippen LogP) is 3.75. The summed E-state index contributed by atoms with van der Waals surface area (Å²) in [7, 11) is -3.72. The molecule has 8 heteroatoms. The molecule has 0 N–H and O–H groups in total. The van der Waals surface area contributed by atoms with Crippen LogP contribution in [-0.4, -0.2) is 36.0 Å². The second-order valence-corrected chi connectivity index (χ2v) is 8.85. The van der Waals surface area contributed by atoms with Gasteiger partial charge in [-0.3, -0.25) is 0 Å². The standard InChI is InChI=1S/C20H20FN3O3S/c1-14-7-8-17(13-18(14)21)28(25,26)24-11-9-15(10-12-24)19-22-20(27-23-19)16-5-3-2-4-6-16/h2-8,13,15H,9-12H2,1H3. The van der Waals surface area contributed by atoms with Crippen molar-refractivity contribution >= 4 is 10.0 Å². The molecule has 0 aliphatic carbocycles. The maximum absolute atomic E-state index is 13.8. The summed E-state index contributed by atoms with van der Waals surface area (Å²) in [5.74, 6) is 0.566. The van der Waals surface area contributed by atoms with Gasteiger partial charge >= 0.3 is 0 Å². The normalized spacial score (nSPS) is 16.4. The summed E-state index contributed by atoms with van der Waals surface area (Å²) in [6.45, 7) is 2.27. The molecular formula is C20H20FN3O3S. The summed E-state index contributed by atoms with van der Waals surface area (Å²) in [6.07, 6.45) is 1.17. The Morgan fingerprint density at radius 3 is 2.50 bits per heavy atom. The van der Waals surface area contributed by atoms with E-state index in [9.17, 15) is 12.8 Å². The van der Waals surface area contributed by atoms with E-state index in [1.165, 1.54) is 16.4 Å². The molecule has 146 valence electrons. The molecule has 6 nitrogen and oxygen atoms in total. The van der Waals surface area contributed by atoms with Crippen LogP contribution in [0.25, 0.3) is 11.5 Å². The Labute approximate surface area is 163 Å². The Morgan fingerprint density at radius 2 is 1.82 bits per heavy atom. The van der Waals surface area contributed by atoms with Crippen LogP contribution in [0.2, 0.25) is 0 Å². The third-order valence-corrected chi connectivity index (χ3v) is 6.96. The van der Waals surface area contributed by atoms with E-state index in [-0.39, 0.29) is 10.8 Å². The molecule has 1 aromatic heterocycles. The van der Waals surface area contributed by atoms with Crippen molar-refractivity contribution in [3.05, 3.63) is 65.7 Å². The first-order chi connectivity index (χ1) is 13.4. The summed E-state index contributed by atoms with van der Waals surface area (Å²) in [6, 6.07) is 13.5. The lowest BCUT2D eigenvalue weighted by Gasteiger charge is -2.29. The summed E-state index contributed by atoms with van der Waals surface area (Å²) >= 11 is 0. The van der Waals surface area contributed by atoms with E-state index in [0.717, 1.165) is 11.6 Å². The average Bonchev–Trinajstić information content (AvgIpc) is 3.21. The fraction of sp³-hybridized carbons (Fsp3) is 0.300. The lowest BCUT2D eigenvalue weighted by Crippen LogP contribution is -2.38. The number of nitrogens with zero attached hydrogens (tertiary/aromatic N) is 3. The Morgan fingerprint density at radius 1 is 1.11 bits per heavy atom. The van der Waals surface area contributed by atoms with Crippen LogP contribution in [0.15, 0.2) is 57.9 Å². The Kier molecular flexibility index (Phi) is 4.99. The van der Waals surface area contributed by atoms with Gasteiger partial charge in [0.25, 0.3) is 5.89 Å². The highest BCUT2D eigenvalue weighted by atomic mass is 32.2. The summed E-state index contributed by atoms with van der Waals surface area (Å²) in [5.41, 5.74) is 1.27. The zero-order chi connectivity index (χ0) is 19.7. The molecule has 0 saturated carbocycles. The van der Waals surface area contributed by atoms with Crippen molar-refractivity contribution in [3.63, 3.8) is 0 Å². The van der Waals surface area contributed by atoms with Crippen LogP contribution < -0.4 is 0 Å². The van der Waals surface area contributed by atoms with Gasteiger partial charge in [-0.15, -0.1) is 0 Å². The minimum Gasteiger partial charge on any atom is -0.334 e. The number of aromatic nitrogens is 2. The predicted molar refractivity (Wildman–Crippen MR) is 102 cm³/mol. The minimum absolute atomic E-state index is 0.0139. The van der Waals surface area contributed by atoms with Gasteiger partial charge in [-0.1, -0.05) is 29.4 Å². The molecule has 1 fully saturated rings. The van der Waals surface area contributed by atoms with Crippen LogP contribution in [-0.2, 0) is 10.0 Å². The SMILES string of the molecule is Cc1ccc(S(=O)(=O)N2CCC(c3noc(-c4ccccc4)n3)CC2)cc1F. The van der Waals surface area contributed by atoms with Crippen molar-refractivity contribution in [3.8, 4) is 11.5 Å². The Balaban J connectivity index is 1.46. The summed E-state index contributed by atoms with van der Waals surface area (Å²) < 4.78 is 46.1. The summed E-state index contributed by atoms with van der Waals surface area (Å²) in [4.78, 5) is 4.46. The van der Waals surface area contributed by atoms with E-state index in [0.29, 0.717) is 43.2 Å². The Hall–Kier alpha value is -2.58. The monoisotopic (exact) mass is 401 g/mol. The number of benzene rings is 2. The molecule has 28 heavy (non-hydrogen) atoms. The molecule has 1 aliphatic heterocycles. The van der Waals surface area contributed by atoms with Gasteiger partial charge in [0.15, 0.2) is 5.82 Å². The number of aryl methyl sites for hydroxylation is 1. The van der Waals surface area contributed by atoms with Crippen LogP contribution >= 0.6 is 0 Å². The molecule has 0 bridgehead atoms. The Bertz CT molecular complexity index is 1080. The second-order valence-electron chi connectivity index (χ2n) is 6.91. The highest BCUT2D eigenvalue weighted by Gasteiger charge is 2.32. The first kappa shape index (κ1) is 18.8. The van der Waals surface area contributed by atoms with Crippen LogP contribution in [0.1, 0.15) is 30.1 Å². The molecular weight excluding hydrogens is 381 g/mol. The number of hydrogen-bond donors (Lipinski definition) is 0. The van der Waals surface area contributed by atoms with Gasteiger partial charge in [-0.05, 0) is 49.6 Å². The van der Waals surface area contributed by atoms with Crippen molar-refractivity contribution < 1.29 is 17.3 Å². The number of sulfonamides is 1. The van der Waals surface area contributed by atoms with Gasteiger partial charge in [0.2, 0.25) is 10.0 Å². The van der Waals surface area contributed by atoms with Gasteiger partial charge in [-0.2, -0.15) is 9.29 Å². The van der Waals surface area contributed by atoms with Crippen LogP contribution in [0.5, 0.6) is 0 Å². The first-order valence-corrected chi connectivity index (χ1v) is 10.5. The fourth-order valence-electron chi connectivity index (χ4n) is 3.34. The van der Waals surface area contributed by atoms with E-state index in [1.807, 2.05) is 30.3 Å². The minimum atomic E-state index is -3.72. The van der Waals surface area contributed by atoms with Crippen molar-refractivity contribution in [2.45, 2.75) is 30.6 Å². The zero-order valence-corrected chi connectivity index (χ0v) is 16.2. The third kappa shape index (κ3) is 3.57. The quantitative estimate of drug-likeness (QED) is 0.665. The third-order valence-electron chi connectivity index (χ3n) is 5.06. The van der Waals surface area contributed by atoms with Gasteiger partial charge < -0.3 is 4.52 Å². The molecule has 0 spiro atoms. The maximum Gasteiger partial charge on any atom is 0.257 e. The molecule has 1 aliphatic rings. The summed E-state index contributed by atoms with van der Waals surface area (Å²) in [5, 5.41) is 4.08. The molecule has 4 rings (SSSR count). The number of halogens is 1. The van der Waals surface area contributed by atoms with Crippen molar-refractivity contribution in [2.75, 3.05) is 13.1 Å². The number of rotatable bonds is 4. The van der Waals surface area contributed by atoms with E-state index in [2.05, 4.69) is 10.1 Å². The maximum atomic E-state index is 13.8. The molecule has 2 heterocycles. The molecule has 0 amide bonds.